The zero-order chi connectivity index (χ0) is 10.7. The van der Waals surface area contributed by atoms with Crippen molar-refractivity contribution >= 4 is 42.1 Å². The molecule has 2 atom stereocenters. The molecule has 17 heavy (non-hydrogen) atoms. The number of carbonyl (C=O) groups is 1. The first-order valence-electron chi connectivity index (χ1n) is 5.20. The molecule has 1 amide bonds. The third-order valence-corrected chi connectivity index (χ3v) is 3.53. The van der Waals surface area contributed by atoms with Crippen LogP contribution in [0.3, 0.4) is 0 Å². The molecule has 0 aromatic carbocycles. The maximum atomic E-state index is 11.7. The Morgan fingerprint density at radius 1 is 1.53 bits per heavy atom. The molecule has 7 heteroatoms. The number of hydrogen-bond donors (Lipinski definition) is 2. The first kappa shape index (κ1) is 16.6. The van der Waals surface area contributed by atoms with Crippen molar-refractivity contribution in [3.63, 3.8) is 0 Å². The Hall–Kier alpha value is -0.360. The number of nitrogens with one attached hydrogen (secondary N) is 1. The van der Waals surface area contributed by atoms with E-state index in [1.807, 2.05) is 0 Å². The number of nitrogens with zero attached hydrogens (tertiary/aromatic N) is 1. The van der Waals surface area contributed by atoms with Crippen molar-refractivity contribution < 1.29 is 4.79 Å². The minimum Gasteiger partial charge on any atom is -0.348 e. The number of rotatable bonds is 3. The summed E-state index contributed by atoms with van der Waals surface area (Å²) < 4.78 is 0. The molecule has 0 spiro atoms. The lowest BCUT2D eigenvalue weighted by Crippen LogP contribution is -2.39. The minimum absolute atomic E-state index is 0. The summed E-state index contributed by atoms with van der Waals surface area (Å²) in [5.74, 6) is 0.370. The van der Waals surface area contributed by atoms with Crippen LogP contribution in [0, 0.1) is 5.92 Å². The van der Waals surface area contributed by atoms with Crippen LogP contribution in [0.1, 0.15) is 29.8 Å². The van der Waals surface area contributed by atoms with Crippen LogP contribution in [-0.4, -0.2) is 23.5 Å². The second-order valence-electron chi connectivity index (χ2n) is 3.88. The third kappa shape index (κ3) is 4.10. The highest BCUT2D eigenvalue weighted by Crippen LogP contribution is 2.24. The SMILES string of the molecule is Cl.Cl.NCC1CCCC1NC(=O)c1cscn1. The minimum atomic E-state index is -0.0680. The lowest BCUT2D eigenvalue weighted by molar-refractivity contribution is 0.0924. The van der Waals surface area contributed by atoms with Crippen LogP contribution < -0.4 is 11.1 Å². The summed E-state index contributed by atoms with van der Waals surface area (Å²) in [6.45, 7) is 0.655. The fourth-order valence-corrected chi connectivity index (χ4v) is 2.61. The molecule has 1 aromatic heterocycles. The highest BCUT2D eigenvalue weighted by atomic mass is 35.5. The van der Waals surface area contributed by atoms with Crippen LogP contribution in [0.15, 0.2) is 10.9 Å². The van der Waals surface area contributed by atoms with Gasteiger partial charge in [0.2, 0.25) is 0 Å². The summed E-state index contributed by atoms with van der Waals surface area (Å²) in [4.78, 5) is 15.7. The molecule has 1 aliphatic rings. The zero-order valence-corrected chi connectivity index (χ0v) is 11.7. The van der Waals surface area contributed by atoms with E-state index in [-0.39, 0.29) is 36.8 Å². The van der Waals surface area contributed by atoms with Crippen molar-refractivity contribution in [3.8, 4) is 0 Å². The van der Waals surface area contributed by atoms with Gasteiger partial charge in [0.25, 0.3) is 5.91 Å². The molecule has 3 N–H and O–H groups in total. The highest BCUT2D eigenvalue weighted by Gasteiger charge is 2.27. The summed E-state index contributed by atoms with van der Waals surface area (Å²) in [7, 11) is 0. The molecule has 1 aromatic rings. The van der Waals surface area contributed by atoms with Gasteiger partial charge in [-0.2, -0.15) is 0 Å². The fraction of sp³-hybridized carbons (Fsp3) is 0.600. The van der Waals surface area contributed by atoms with Crippen LogP contribution in [0.2, 0.25) is 0 Å². The molecule has 1 fully saturated rings. The van der Waals surface area contributed by atoms with E-state index in [9.17, 15) is 4.79 Å². The molecule has 1 aliphatic carbocycles. The topological polar surface area (TPSA) is 68.0 Å². The predicted octanol–water partition coefficient (Wildman–Crippen LogP) is 1.84. The predicted molar refractivity (Wildman–Crippen MR) is 74.3 cm³/mol. The van der Waals surface area contributed by atoms with Crippen molar-refractivity contribution in [2.75, 3.05) is 6.54 Å². The summed E-state index contributed by atoms with van der Waals surface area (Å²) in [5, 5.41) is 4.77. The van der Waals surface area contributed by atoms with Gasteiger partial charge >= 0.3 is 0 Å². The van der Waals surface area contributed by atoms with E-state index >= 15 is 0 Å². The van der Waals surface area contributed by atoms with Gasteiger partial charge in [-0.3, -0.25) is 4.79 Å². The summed E-state index contributed by atoms with van der Waals surface area (Å²) >= 11 is 1.44. The van der Waals surface area contributed by atoms with Crippen LogP contribution in [0.5, 0.6) is 0 Å². The van der Waals surface area contributed by atoms with Crippen molar-refractivity contribution in [3.05, 3.63) is 16.6 Å². The maximum absolute atomic E-state index is 11.7. The normalized spacial score (nSPS) is 22.4. The lowest BCUT2D eigenvalue weighted by atomic mass is 10.0. The fourth-order valence-electron chi connectivity index (χ4n) is 2.08. The Labute approximate surface area is 117 Å². The largest absolute Gasteiger partial charge is 0.348 e. The van der Waals surface area contributed by atoms with Crippen LogP contribution >= 0.6 is 36.2 Å². The van der Waals surface area contributed by atoms with Gasteiger partial charge in [0.1, 0.15) is 5.69 Å². The zero-order valence-electron chi connectivity index (χ0n) is 9.30. The van der Waals surface area contributed by atoms with E-state index in [2.05, 4.69) is 10.3 Å². The van der Waals surface area contributed by atoms with Crippen LogP contribution in [0.4, 0.5) is 0 Å². The van der Waals surface area contributed by atoms with Crippen molar-refractivity contribution in [2.24, 2.45) is 11.7 Å². The molecule has 1 saturated carbocycles. The molecular formula is C10H17Cl2N3OS. The Morgan fingerprint density at radius 2 is 2.29 bits per heavy atom. The molecule has 1 heterocycles. The van der Waals surface area contributed by atoms with E-state index in [1.54, 1.807) is 10.9 Å². The molecule has 2 rings (SSSR count). The number of thiazole rings is 1. The van der Waals surface area contributed by atoms with Crippen molar-refractivity contribution in [1.82, 2.24) is 10.3 Å². The number of hydrogen-bond acceptors (Lipinski definition) is 4. The van der Waals surface area contributed by atoms with E-state index < -0.39 is 0 Å². The van der Waals surface area contributed by atoms with E-state index in [0.29, 0.717) is 18.2 Å². The van der Waals surface area contributed by atoms with E-state index in [0.717, 1.165) is 19.3 Å². The highest BCUT2D eigenvalue weighted by molar-refractivity contribution is 7.07. The summed E-state index contributed by atoms with van der Waals surface area (Å²) in [6.07, 6.45) is 3.32. The van der Waals surface area contributed by atoms with Gasteiger partial charge in [0.15, 0.2) is 0 Å². The van der Waals surface area contributed by atoms with E-state index in [1.165, 1.54) is 11.3 Å². The molecule has 0 saturated heterocycles. The first-order chi connectivity index (χ1) is 7.31. The lowest BCUT2D eigenvalue weighted by Gasteiger charge is -2.18. The number of amides is 1. The van der Waals surface area contributed by atoms with Crippen LogP contribution in [-0.2, 0) is 0 Å². The standard InChI is InChI=1S/C10H15N3OS.2ClH/c11-4-7-2-1-3-8(7)13-10(14)9-5-15-6-12-9;;/h5-8H,1-4,11H2,(H,13,14);2*1H. The quantitative estimate of drug-likeness (QED) is 0.895. The number of nitrogens with two attached hydrogens (primary N) is 1. The second-order valence-corrected chi connectivity index (χ2v) is 4.60. The third-order valence-electron chi connectivity index (χ3n) is 2.94. The van der Waals surface area contributed by atoms with Gasteiger partial charge in [-0.1, -0.05) is 6.42 Å². The maximum Gasteiger partial charge on any atom is 0.270 e. The monoisotopic (exact) mass is 297 g/mol. The Morgan fingerprint density at radius 3 is 2.88 bits per heavy atom. The van der Waals surface area contributed by atoms with Gasteiger partial charge in [0.05, 0.1) is 5.51 Å². The Bertz CT molecular complexity index is 334. The van der Waals surface area contributed by atoms with Gasteiger partial charge < -0.3 is 11.1 Å². The Balaban J connectivity index is 0.00000128. The Kier molecular flexibility index (Phi) is 7.70. The molecule has 0 radical (unpaired) electrons. The smallest absolute Gasteiger partial charge is 0.270 e. The molecule has 0 bridgehead atoms. The summed E-state index contributed by atoms with van der Waals surface area (Å²) in [6, 6.07) is 0.240. The molecule has 2 unspecified atom stereocenters. The average molecular weight is 298 g/mol. The molecular weight excluding hydrogens is 281 g/mol. The number of carbonyl (C=O) groups excluding carboxylic acids is 1. The summed E-state index contributed by atoms with van der Waals surface area (Å²) in [5.41, 5.74) is 7.84. The van der Waals surface area contributed by atoms with Gasteiger partial charge in [0, 0.05) is 11.4 Å². The second kappa shape index (κ2) is 7.87. The van der Waals surface area contributed by atoms with Crippen molar-refractivity contribution in [2.45, 2.75) is 25.3 Å². The van der Waals surface area contributed by atoms with Gasteiger partial charge in [-0.05, 0) is 25.3 Å². The number of aromatic nitrogens is 1. The molecule has 98 valence electrons. The first-order valence-corrected chi connectivity index (χ1v) is 6.14. The average Bonchev–Trinajstić information content (AvgIpc) is 2.87. The molecule has 0 aliphatic heterocycles. The molecule has 4 nitrogen and oxygen atoms in total. The van der Waals surface area contributed by atoms with Crippen molar-refractivity contribution in [1.29, 1.82) is 0 Å². The van der Waals surface area contributed by atoms with Crippen LogP contribution in [0.25, 0.3) is 0 Å². The van der Waals surface area contributed by atoms with Gasteiger partial charge in [-0.15, -0.1) is 36.2 Å². The van der Waals surface area contributed by atoms with E-state index in [4.69, 9.17) is 5.73 Å². The van der Waals surface area contributed by atoms with Gasteiger partial charge in [-0.25, -0.2) is 4.98 Å². The number of halogens is 2.